The Labute approximate surface area is 348 Å². The Bertz CT molecular complexity index is 1470. The first kappa shape index (κ1) is 52.2. The lowest BCUT2D eigenvalue weighted by atomic mass is 10.0. The van der Waals surface area contributed by atoms with Gasteiger partial charge in [-0.15, -0.1) is 0 Å². The van der Waals surface area contributed by atoms with E-state index in [0.29, 0.717) is 32.2 Å². The van der Waals surface area contributed by atoms with Crippen LogP contribution in [-0.4, -0.2) is 160 Å². The molecule has 0 saturated carbocycles. The molecule has 24 heteroatoms. The maximum absolute atomic E-state index is 14.1. The van der Waals surface area contributed by atoms with Crippen LogP contribution in [0.3, 0.4) is 0 Å². The predicted molar refractivity (Wildman–Crippen MR) is 218 cm³/mol. The maximum Gasteiger partial charge on any atom is 0.322 e. The van der Waals surface area contributed by atoms with Gasteiger partial charge in [-0.25, -0.2) is 0 Å². The molecule has 59 heavy (non-hydrogen) atoms. The van der Waals surface area contributed by atoms with Gasteiger partial charge in [-0.1, -0.05) is 20.3 Å². The van der Waals surface area contributed by atoms with Crippen LogP contribution in [0.15, 0.2) is 4.99 Å². The number of thiol groups is 1. The van der Waals surface area contributed by atoms with Gasteiger partial charge in [-0.2, -0.15) is 12.6 Å². The number of nitrogens with two attached hydrogens (primary N) is 4. The third-order valence-corrected chi connectivity index (χ3v) is 9.52. The standard InChI is InChI=1S/C35H64N12O11S/c1-18(2)14-22(34(58)47-13-7-10-25(47)32(56)46-27(19(3)49)33(57)41-15-26(50)51)43-29(53)21(9-6-12-40-35(38)39)42-30(54)23(16-48)44-31(55)24(17-59)45-28(52)20(37)8-4-5-11-36/h18-25,27,48-49,59H,4-17,36-37H2,1-3H3,(H,41,57)(H,42,54)(H,43,53)(H,44,55)(H,45,52)(H,46,56)(H,50,51)(H4,38,39,40). The van der Waals surface area contributed by atoms with Crippen molar-refractivity contribution in [1.29, 1.82) is 0 Å². The number of carboxylic acids is 1. The smallest absolute Gasteiger partial charge is 0.322 e. The molecule has 0 aliphatic carbocycles. The van der Waals surface area contributed by atoms with E-state index in [1.165, 1.54) is 11.8 Å². The second-order valence-corrected chi connectivity index (χ2v) is 15.0. The molecule has 336 valence electrons. The molecule has 1 saturated heterocycles. The average molecular weight is 861 g/mol. The number of guanidine groups is 1. The zero-order valence-corrected chi connectivity index (χ0v) is 34.7. The molecule has 1 aliphatic rings. The Morgan fingerprint density at radius 2 is 1.41 bits per heavy atom. The number of unbranched alkanes of at least 4 members (excludes halogenated alkanes) is 1. The van der Waals surface area contributed by atoms with Crippen molar-refractivity contribution in [1.82, 2.24) is 36.8 Å². The SMILES string of the molecule is CC(C)CC(NC(=O)C(CCCN=C(N)N)NC(=O)C(CO)NC(=O)C(CS)NC(=O)C(N)CCCCN)C(=O)N1CCCC1C(=O)NC(C(=O)NCC(=O)O)C(C)O. The number of aliphatic hydroxyl groups is 2. The molecule has 1 heterocycles. The molecular formula is C35H64N12O11S. The van der Waals surface area contributed by atoms with Crippen LogP contribution in [0.1, 0.15) is 72.1 Å². The number of aliphatic hydroxyl groups excluding tert-OH is 2. The number of rotatable bonds is 27. The summed E-state index contributed by atoms with van der Waals surface area (Å²) in [7, 11) is 0. The van der Waals surface area contributed by atoms with Crippen molar-refractivity contribution in [2.24, 2.45) is 33.8 Å². The molecule has 8 unspecified atom stereocenters. The summed E-state index contributed by atoms with van der Waals surface area (Å²) in [5.74, 6) is -7.57. The maximum atomic E-state index is 14.1. The minimum absolute atomic E-state index is 0.0561. The number of aliphatic carboxylic acids is 1. The first-order chi connectivity index (χ1) is 27.8. The summed E-state index contributed by atoms with van der Waals surface area (Å²) < 4.78 is 0. The van der Waals surface area contributed by atoms with E-state index in [1.807, 2.05) is 0 Å². The molecule has 17 N–H and O–H groups in total. The van der Waals surface area contributed by atoms with E-state index in [0.717, 1.165) is 0 Å². The van der Waals surface area contributed by atoms with Gasteiger partial charge >= 0.3 is 5.97 Å². The van der Waals surface area contributed by atoms with Gasteiger partial charge in [0.2, 0.25) is 41.4 Å². The Hall–Kier alpha value is -4.78. The number of likely N-dealkylation sites (tertiary alicyclic amines) is 1. The summed E-state index contributed by atoms with van der Waals surface area (Å²) in [4.78, 5) is 109. The van der Waals surface area contributed by atoms with Crippen LogP contribution in [0.2, 0.25) is 0 Å². The van der Waals surface area contributed by atoms with Crippen LogP contribution < -0.4 is 54.8 Å². The van der Waals surface area contributed by atoms with Crippen molar-refractivity contribution in [3.63, 3.8) is 0 Å². The monoisotopic (exact) mass is 860 g/mol. The van der Waals surface area contributed by atoms with Crippen molar-refractivity contribution < 1.29 is 53.7 Å². The first-order valence-corrected chi connectivity index (χ1v) is 20.1. The molecule has 7 amide bonds. The van der Waals surface area contributed by atoms with Crippen molar-refractivity contribution >= 4 is 65.9 Å². The van der Waals surface area contributed by atoms with Crippen LogP contribution in [0, 0.1) is 5.92 Å². The number of carbonyl (C=O) groups is 8. The van der Waals surface area contributed by atoms with E-state index in [9.17, 15) is 48.6 Å². The summed E-state index contributed by atoms with van der Waals surface area (Å²) in [5, 5.41) is 43.6. The molecule has 0 bridgehead atoms. The van der Waals surface area contributed by atoms with Gasteiger partial charge in [0.1, 0.15) is 42.8 Å². The van der Waals surface area contributed by atoms with Crippen LogP contribution >= 0.6 is 12.6 Å². The molecule has 0 aromatic heterocycles. The van der Waals surface area contributed by atoms with Gasteiger partial charge in [0.15, 0.2) is 5.96 Å². The van der Waals surface area contributed by atoms with Gasteiger partial charge in [0.25, 0.3) is 0 Å². The summed E-state index contributed by atoms with van der Waals surface area (Å²) in [6.07, 6.45) is 0.887. The second kappa shape index (κ2) is 27.1. The molecule has 0 radical (unpaired) electrons. The van der Waals surface area contributed by atoms with Crippen LogP contribution in [0.25, 0.3) is 0 Å². The Morgan fingerprint density at radius 1 is 0.814 bits per heavy atom. The zero-order chi connectivity index (χ0) is 44.8. The van der Waals surface area contributed by atoms with Crippen molar-refractivity contribution in [2.75, 3.05) is 38.5 Å². The van der Waals surface area contributed by atoms with E-state index >= 15 is 0 Å². The van der Waals surface area contributed by atoms with Crippen LogP contribution in [0.5, 0.6) is 0 Å². The third kappa shape index (κ3) is 18.8. The van der Waals surface area contributed by atoms with Crippen molar-refractivity contribution in [3.8, 4) is 0 Å². The predicted octanol–water partition coefficient (Wildman–Crippen LogP) is -5.54. The van der Waals surface area contributed by atoms with Crippen LogP contribution in [0.4, 0.5) is 0 Å². The fourth-order valence-electron chi connectivity index (χ4n) is 6.02. The number of nitrogens with one attached hydrogen (secondary N) is 6. The second-order valence-electron chi connectivity index (χ2n) is 14.6. The summed E-state index contributed by atoms with van der Waals surface area (Å²) >= 11 is 4.12. The molecule has 8 atom stereocenters. The highest BCUT2D eigenvalue weighted by Crippen LogP contribution is 2.21. The number of hydrogen-bond donors (Lipinski definition) is 14. The largest absolute Gasteiger partial charge is 0.480 e. The zero-order valence-electron chi connectivity index (χ0n) is 33.9. The molecule has 1 fully saturated rings. The van der Waals surface area contributed by atoms with E-state index in [1.54, 1.807) is 13.8 Å². The molecule has 0 aromatic carbocycles. The van der Waals surface area contributed by atoms with E-state index in [-0.39, 0.29) is 56.4 Å². The lowest BCUT2D eigenvalue weighted by Gasteiger charge is -2.31. The minimum Gasteiger partial charge on any atom is -0.480 e. The number of carbonyl (C=O) groups excluding carboxylic acids is 7. The van der Waals surface area contributed by atoms with Gasteiger partial charge < -0.3 is 75.1 Å². The third-order valence-electron chi connectivity index (χ3n) is 9.15. The normalized spacial score (nSPS) is 17.2. The fraction of sp³-hybridized carbons (Fsp3) is 0.743. The summed E-state index contributed by atoms with van der Waals surface area (Å²) in [5.41, 5.74) is 22.3. The quantitative estimate of drug-likeness (QED) is 0.0159. The number of nitrogens with zero attached hydrogens (tertiary/aromatic N) is 2. The number of hydrogen-bond acceptors (Lipinski definition) is 14. The Balaban J connectivity index is 3.24. The summed E-state index contributed by atoms with van der Waals surface area (Å²) in [6.45, 7) is 3.74. The Morgan fingerprint density at radius 3 is 1.97 bits per heavy atom. The van der Waals surface area contributed by atoms with Gasteiger partial charge in [0, 0.05) is 18.8 Å². The van der Waals surface area contributed by atoms with Crippen molar-refractivity contribution in [3.05, 3.63) is 0 Å². The highest BCUT2D eigenvalue weighted by molar-refractivity contribution is 7.80. The number of aliphatic imine (C=N–C) groups is 1. The average Bonchev–Trinajstić information content (AvgIpc) is 3.67. The highest BCUT2D eigenvalue weighted by atomic mass is 32.1. The van der Waals surface area contributed by atoms with Gasteiger partial charge in [-0.05, 0) is 64.3 Å². The lowest BCUT2D eigenvalue weighted by Crippen LogP contribution is -2.61. The molecule has 0 spiro atoms. The molecule has 23 nitrogen and oxygen atoms in total. The molecule has 1 aliphatic heterocycles. The Kier molecular flexibility index (Phi) is 24.0. The van der Waals surface area contributed by atoms with E-state index in [2.05, 4.69) is 49.5 Å². The number of carboxylic acid groups (broad SMARTS) is 1. The first-order valence-electron chi connectivity index (χ1n) is 19.5. The molecular weight excluding hydrogens is 797 g/mol. The van der Waals surface area contributed by atoms with Crippen LogP contribution in [-0.2, 0) is 38.4 Å². The highest BCUT2D eigenvalue weighted by Gasteiger charge is 2.40. The van der Waals surface area contributed by atoms with E-state index in [4.69, 9.17) is 28.0 Å². The lowest BCUT2D eigenvalue weighted by molar-refractivity contribution is -0.143. The van der Waals surface area contributed by atoms with E-state index < -0.39 is 109 Å². The summed E-state index contributed by atoms with van der Waals surface area (Å²) in [6, 6.07) is -8.97. The number of amides is 7. The molecule has 1 rings (SSSR count). The fourth-order valence-corrected chi connectivity index (χ4v) is 6.28. The minimum atomic E-state index is -1.60. The van der Waals surface area contributed by atoms with Gasteiger partial charge in [0.05, 0.1) is 18.8 Å². The van der Waals surface area contributed by atoms with Gasteiger partial charge in [-0.3, -0.25) is 43.3 Å². The molecule has 0 aromatic rings. The van der Waals surface area contributed by atoms with Crippen molar-refractivity contribution in [2.45, 2.75) is 121 Å². The topological polar surface area (TPSA) is 389 Å².